The summed E-state index contributed by atoms with van der Waals surface area (Å²) in [5.74, 6) is -2.79. The number of rotatable bonds is 2. The standard InChI is InChI=1S/C10H13F2N.ClH/c1-7(13)8-4-3-5-9(6-8)10(2,11)12;/h3-7H,13H2,1-2H3;1H/t7-;/m1./s1. The second-order valence-electron chi connectivity index (χ2n) is 3.30. The molecule has 0 spiro atoms. The van der Waals surface area contributed by atoms with Gasteiger partial charge < -0.3 is 5.73 Å². The maximum atomic E-state index is 12.9. The third kappa shape index (κ3) is 3.24. The van der Waals surface area contributed by atoms with Crippen LogP contribution in [0.1, 0.15) is 31.0 Å². The summed E-state index contributed by atoms with van der Waals surface area (Å²) in [7, 11) is 0. The van der Waals surface area contributed by atoms with Gasteiger partial charge in [-0.2, -0.15) is 0 Å². The fourth-order valence-corrected chi connectivity index (χ4v) is 1.09. The lowest BCUT2D eigenvalue weighted by Gasteiger charge is -2.13. The molecule has 0 fully saturated rings. The van der Waals surface area contributed by atoms with E-state index in [0.717, 1.165) is 12.5 Å². The van der Waals surface area contributed by atoms with Gasteiger partial charge in [-0.05, 0) is 18.6 Å². The van der Waals surface area contributed by atoms with Crippen molar-refractivity contribution in [3.63, 3.8) is 0 Å². The van der Waals surface area contributed by atoms with Crippen molar-refractivity contribution in [3.05, 3.63) is 35.4 Å². The van der Waals surface area contributed by atoms with Crippen molar-refractivity contribution in [2.24, 2.45) is 5.73 Å². The van der Waals surface area contributed by atoms with E-state index < -0.39 is 5.92 Å². The zero-order valence-electron chi connectivity index (χ0n) is 8.13. The van der Waals surface area contributed by atoms with Crippen LogP contribution in [0.4, 0.5) is 8.78 Å². The Morgan fingerprint density at radius 3 is 2.36 bits per heavy atom. The summed E-state index contributed by atoms with van der Waals surface area (Å²) >= 11 is 0. The Labute approximate surface area is 88.7 Å². The molecule has 4 heteroatoms. The molecule has 1 nitrogen and oxygen atoms in total. The van der Waals surface area contributed by atoms with Gasteiger partial charge in [0.15, 0.2) is 0 Å². The lowest BCUT2D eigenvalue weighted by atomic mass is 10.0. The summed E-state index contributed by atoms with van der Waals surface area (Å²) in [5, 5.41) is 0. The Hall–Kier alpha value is -0.670. The number of halogens is 3. The minimum absolute atomic E-state index is 0. The van der Waals surface area contributed by atoms with Crippen molar-refractivity contribution >= 4 is 12.4 Å². The van der Waals surface area contributed by atoms with Gasteiger partial charge in [0, 0.05) is 18.5 Å². The molecule has 0 aromatic heterocycles. The molecule has 1 aromatic rings. The van der Waals surface area contributed by atoms with Gasteiger partial charge in [0.05, 0.1) is 0 Å². The first-order chi connectivity index (χ1) is 5.91. The van der Waals surface area contributed by atoms with Crippen molar-refractivity contribution in [3.8, 4) is 0 Å². The highest BCUT2D eigenvalue weighted by Gasteiger charge is 2.24. The van der Waals surface area contributed by atoms with Gasteiger partial charge >= 0.3 is 0 Å². The van der Waals surface area contributed by atoms with Gasteiger partial charge in [0.25, 0.3) is 5.92 Å². The monoisotopic (exact) mass is 221 g/mol. The molecule has 0 saturated carbocycles. The van der Waals surface area contributed by atoms with Crippen LogP contribution in [0.3, 0.4) is 0 Å². The first-order valence-electron chi connectivity index (χ1n) is 4.15. The molecule has 0 saturated heterocycles. The second kappa shape index (κ2) is 4.71. The van der Waals surface area contributed by atoms with Gasteiger partial charge in [-0.1, -0.05) is 18.2 Å². The molecule has 80 valence electrons. The summed E-state index contributed by atoms with van der Waals surface area (Å²) in [6.45, 7) is 2.65. The molecule has 0 amide bonds. The third-order valence-corrected chi connectivity index (χ3v) is 1.92. The summed E-state index contributed by atoms with van der Waals surface area (Å²) in [5.41, 5.74) is 6.33. The average Bonchev–Trinajstić information content (AvgIpc) is 2.03. The van der Waals surface area contributed by atoms with E-state index in [1.54, 1.807) is 19.1 Å². The first kappa shape index (κ1) is 13.3. The molecule has 1 atom stereocenters. The first-order valence-corrected chi connectivity index (χ1v) is 4.15. The summed E-state index contributed by atoms with van der Waals surface area (Å²) in [6.07, 6.45) is 0. The summed E-state index contributed by atoms with van der Waals surface area (Å²) in [6, 6.07) is 6.00. The lowest BCUT2D eigenvalue weighted by Crippen LogP contribution is -2.10. The third-order valence-electron chi connectivity index (χ3n) is 1.92. The van der Waals surface area contributed by atoms with Crippen molar-refractivity contribution < 1.29 is 8.78 Å². The highest BCUT2D eigenvalue weighted by Crippen LogP contribution is 2.28. The van der Waals surface area contributed by atoms with E-state index in [2.05, 4.69) is 0 Å². The lowest BCUT2D eigenvalue weighted by molar-refractivity contribution is 0.0174. The van der Waals surface area contributed by atoms with Crippen molar-refractivity contribution in [2.45, 2.75) is 25.8 Å². The summed E-state index contributed by atoms with van der Waals surface area (Å²) < 4.78 is 25.7. The predicted molar refractivity (Wildman–Crippen MR) is 55.9 cm³/mol. The molecule has 0 bridgehead atoms. The van der Waals surface area contributed by atoms with E-state index in [4.69, 9.17) is 5.73 Å². The Morgan fingerprint density at radius 1 is 1.36 bits per heavy atom. The van der Waals surface area contributed by atoms with Crippen LogP contribution in [0.25, 0.3) is 0 Å². The van der Waals surface area contributed by atoms with E-state index in [9.17, 15) is 8.78 Å². The molecule has 0 unspecified atom stereocenters. The van der Waals surface area contributed by atoms with Crippen molar-refractivity contribution in [1.29, 1.82) is 0 Å². The number of hydrogen-bond acceptors (Lipinski definition) is 1. The topological polar surface area (TPSA) is 26.0 Å². The molecule has 0 radical (unpaired) electrons. The van der Waals surface area contributed by atoms with Gasteiger partial charge in [-0.25, -0.2) is 8.78 Å². The minimum Gasteiger partial charge on any atom is -0.324 e. The van der Waals surface area contributed by atoms with Crippen LogP contribution in [0, 0.1) is 0 Å². The molecule has 1 rings (SSSR count). The van der Waals surface area contributed by atoms with Crippen LogP contribution in [0.5, 0.6) is 0 Å². The van der Waals surface area contributed by atoms with Crippen LogP contribution in [-0.4, -0.2) is 0 Å². The molecule has 2 N–H and O–H groups in total. The number of nitrogens with two attached hydrogens (primary N) is 1. The van der Waals surface area contributed by atoms with Crippen LogP contribution in [-0.2, 0) is 5.92 Å². The van der Waals surface area contributed by atoms with Crippen LogP contribution < -0.4 is 5.73 Å². The van der Waals surface area contributed by atoms with E-state index in [1.165, 1.54) is 12.1 Å². The zero-order chi connectivity index (χ0) is 10.1. The fourth-order valence-electron chi connectivity index (χ4n) is 1.09. The van der Waals surface area contributed by atoms with Crippen LogP contribution >= 0.6 is 12.4 Å². The van der Waals surface area contributed by atoms with Gasteiger partial charge in [-0.15, -0.1) is 12.4 Å². The second-order valence-corrected chi connectivity index (χ2v) is 3.30. The molecular weight excluding hydrogens is 208 g/mol. The molecule has 0 aliphatic heterocycles. The Balaban J connectivity index is 0.00000169. The zero-order valence-corrected chi connectivity index (χ0v) is 8.94. The van der Waals surface area contributed by atoms with E-state index >= 15 is 0 Å². The average molecular weight is 222 g/mol. The molecule has 14 heavy (non-hydrogen) atoms. The normalized spacial score (nSPS) is 13.2. The van der Waals surface area contributed by atoms with Gasteiger partial charge in [0.2, 0.25) is 0 Å². The maximum Gasteiger partial charge on any atom is 0.270 e. The molecule has 1 aromatic carbocycles. The van der Waals surface area contributed by atoms with Gasteiger partial charge in [0.1, 0.15) is 0 Å². The highest BCUT2D eigenvalue weighted by atomic mass is 35.5. The quantitative estimate of drug-likeness (QED) is 0.815. The highest BCUT2D eigenvalue weighted by molar-refractivity contribution is 5.85. The Morgan fingerprint density at radius 2 is 1.93 bits per heavy atom. The van der Waals surface area contributed by atoms with E-state index in [0.29, 0.717) is 0 Å². The Kier molecular flexibility index (Phi) is 4.49. The number of hydrogen-bond donors (Lipinski definition) is 1. The largest absolute Gasteiger partial charge is 0.324 e. The Bertz CT molecular complexity index is 294. The maximum absolute atomic E-state index is 12.9. The number of alkyl halides is 2. The minimum atomic E-state index is -2.79. The SMILES string of the molecule is C[C@@H](N)c1cccc(C(C)(F)F)c1.Cl. The molecule has 0 aliphatic rings. The van der Waals surface area contributed by atoms with Crippen molar-refractivity contribution in [2.75, 3.05) is 0 Å². The molecule has 0 aliphatic carbocycles. The molecule has 0 heterocycles. The smallest absolute Gasteiger partial charge is 0.270 e. The van der Waals surface area contributed by atoms with E-state index in [1.807, 2.05) is 0 Å². The van der Waals surface area contributed by atoms with E-state index in [-0.39, 0.29) is 24.0 Å². The molecular formula is C10H14ClF2N. The number of benzene rings is 1. The predicted octanol–water partition coefficient (Wildman–Crippen LogP) is 3.24. The fraction of sp³-hybridized carbons (Fsp3) is 0.400. The summed E-state index contributed by atoms with van der Waals surface area (Å²) in [4.78, 5) is 0. The van der Waals surface area contributed by atoms with Crippen LogP contribution in [0.2, 0.25) is 0 Å². The van der Waals surface area contributed by atoms with Crippen molar-refractivity contribution in [1.82, 2.24) is 0 Å². The van der Waals surface area contributed by atoms with Gasteiger partial charge in [-0.3, -0.25) is 0 Å². The van der Waals surface area contributed by atoms with Crippen LogP contribution in [0.15, 0.2) is 24.3 Å².